The molecule has 3 aliphatic carbocycles. The first kappa shape index (κ1) is 14.9. The van der Waals surface area contributed by atoms with E-state index in [2.05, 4.69) is 13.8 Å². The fourth-order valence-electron chi connectivity index (χ4n) is 6.62. The van der Waals surface area contributed by atoms with Crippen LogP contribution in [0.1, 0.15) is 58.8 Å². The van der Waals surface area contributed by atoms with Gasteiger partial charge in [0.15, 0.2) is 0 Å². The molecule has 3 fully saturated rings. The van der Waals surface area contributed by atoms with E-state index in [9.17, 15) is 9.59 Å². The van der Waals surface area contributed by atoms with Crippen molar-refractivity contribution >= 4 is 11.9 Å². The minimum absolute atomic E-state index is 0.0575. The fraction of sp³-hybridized carbons (Fsp3) is 0.882. The van der Waals surface area contributed by atoms with Gasteiger partial charge in [-0.25, -0.2) is 0 Å². The number of hydrogen-bond donors (Lipinski definition) is 1. The summed E-state index contributed by atoms with van der Waals surface area (Å²) in [4.78, 5) is 23.9. The van der Waals surface area contributed by atoms with Crippen LogP contribution in [0.2, 0.25) is 0 Å². The van der Waals surface area contributed by atoms with Gasteiger partial charge in [0.25, 0.3) is 0 Å². The molecule has 4 heteroatoms. The summed E-state index contributed by atoms with van der Waals surface area (Å²) in [5, 5.41) is 0. The van der Waals surface area contributed by atoms with Crippen LogP contribution in [-0.2, 0) is 14.3 Å². The van der Waals surface area contributed by atoms with Gasteiger partial charge in [0.2, 0.25) is 5.91 Å². The number of amides is 1. The molecule has 3 rings (SSSR count). The summed E-state index contributed by atoms with van der Waals surface area (Å²) in [6.45, 7) is 4.67. The SMILES string of the molecule is COC(=O)C1CC2(CC(N)=O)CC3(C)CCC1C(C)(C3)C2. The monoisotopic (exact) mass is 293 g/mol. The minimum atomic E-state index is -0.232. The Bertz CT molecular complexity index is 486. The van der Waals surface area contributed by atoms with Crippen molar-refractivity contribution in [3.8, 4) is 0 Å². The maximum atomic E-state index is 12.3. The van der Waals surface area contributed by atoms with Crippen LogP contribution in [0.4, 0.5) is 0 Å². The summed E-state index contributed by atoms with van der Waals surface area (Å²) in [5.41, 5.74) is 5.90. The Hall–Kier alpha value is -1.06. The standard InChI is InChI=1S/C17H27NO3/c1-15-5-4-12-11(14(20)21-3)6-17(9-15,7-13(18)19)10-16(12,2)8-15/h11-12H,4-10H2,1-3H3,(H2,18,19). The van der Waals surface area contributed by atoms with Gasteiger partial charge in [-0.3, -0.25) is 9.59 Å². The van der Waals surface area contributed by atoms with E-state index in [1.807, 2.05) is 0 Å². The molecule has 0 spiro atoms. The van der Waals surface area contributed by atoms with E-state index in [1.165, 1.54) is 13.5 Å². The number of rotatable bonds is 3. The number of methoxy groups -OCH3 is 1. The van der Waals surface area contributed by atoms with Crippen LogP contribution in [0.25, 0.3) is 0 Å². The van der Waals surface area contributed by atoms with Crippen LogP contribution in [-0.4, -0.2) is 19.0 Å². The Kier molecular flexibility index (Phi) is 3.16. The van der Waals surface area contributed by atoms with Crippen molar-refractivity contribution in [2.24, 2.45) is 33.8 Å². The van der Waals surface area contributed by atoms with Gasteiger partial charge in [-0.1, -0.05) is 13.8 Å². The topological polar surface area (TPSA) is 69.4 Å². The van der Waals surface area contributed by atoms with Gasteiger partial charge >= 0.3 is 5.97 Å². The molecule has 5 atom stereocenters. The molecule has 3 aliphatic rings. The second-order valence-electron chi connectivity index (χ2n) is 8.62. The minimum Gasteiger partial charge on any atom is -0.469 e. The molecule has 0 aromatic rings. The van der Waals surface area contributed by atoms with Crippen molar-refractivity contribution in [3.05, 3.63) is 0 Å². The van der Waals surface area contributed by atoms with E-state index < -0.39 is 0 Å². The summed E-state index contributed by atoms with van der Waals surface area (Å²) < 4.78 is 5.07. The lowest BCUT2D eigenvalue weighted by Crippen LogP contribution is -2.59. The van der Waals surface area contributed by atoms with Gasteiger partial charge in [-0.05, 0) is 60.7 Å². The molecule has 0 radical (unpaired) electrons. The predicted octanol–water partition coefficient (Wildman–Crippen LogP) is 2.65. The molecule has 5 unspecified atom stereocenters. The number of hydrogen-bond acceptors (Lipinski definition) is 3. The van der Waals surface area contributed by atoms with Gasteiger partial charge in [-0.15, -0.1) is 0 Å². The molecule has 3 bridgehead atoms. The number of ether oxygens (including phenoxy) is 1. The van der Waals surface area contributed by atoms with E-state index in [4.69, 9.17) is 10.5 Å². The molecule has 118 valence electrons. The van der Waals surface area contributed by atoms with E-state index in [0.717, 1.165) is 32.1 Å². The molecular weight excluding hydrogens is 266 g/mol. The molecule has 3 saturated carbocycles. The van der Waals surface area contributed by atoms with Crippen LogP contribution in [0.15, 0.2) is 0 Å². The van der Waals surface area contributed by atoms with Crippen LogP contribution in [0.3, 0.4) is 0 Å². The van der Waals surface area contributed by atoms with Crippen molar-refractivity contribution in [1.29, 1.82) is 0 Å². The Morgan fingerprint density at radius 3 is 2.57 bits per heavy atom. The third-order valence-electron chi connectivity index (χ3n) is 6.56. The van der Waals surface area contributed by atoms with Crippen LogP contribution >= 0.6 is 0 Å². The lowest BCUT2D eigenvalue weighted by molar-refractivity contribution is -0.186. The summed E-state index contributed by atoms with van der Waals surface area (Å²) in [7, 11) is 1.47. The van der Waals surface area contributed by atoms with Gasteiger partial charge in [-0.2, -0.15) is 0 Å². The average molecular weight is 293 g/mol. The quantitative estimate of drug-likeness (QED) is 0.813. The number of fused-ring (bicyclic) bond motifs is 2. The highest BCUT2D eigenvalue weighted by Gasteiger charge is 2.63. The lowest BCUT2D eigenvalue weighted by Gasteiger charge is -2.65. The van der Waals surface area contributed by atoms with Crippen LogP contribution in [0.5, 0.6) is 0 Å². The molecular formula is C17H27NO3. The molecule has 0 aliphatic heterocycles. The summed E-state index contributed by atoms with van der Waals surface area (Å²) in [5.74, 6) is 0.0202. The Morgan fingerprint density at radius 1 is 1.24 bits per heavy atom. The molecule has 4 nitrogen and oxygen atoms in total. The summed E-state index contributed by atoms with van der Waals surface area (Å²) in [6, 6.07) is 0. The second kappa shape index (κ2) is 4.47. The molecule has 1 amide bonds. The molecule has 0 heterocycles. The van der Waals surface area contributed by atoms with E-state index in [-0.39, 0.29) is 28.6 Å². The fourth-order valence-corrected chi connectivity index (χ4v) is 6.62. The Balaban J connectivity index is 2.02. The number of carbonyl (C=O) groups excluding carboxylic acids is 2. The maximum absolute atomic E-state index is 12.3. The lowest BCUT2D eigenvalue weighted by atomic mass is 9.39. The smallest absolute Gasteiger partial charge is 0.308 e. The van der Waals surface area contributed by atoms with Crippen molar-refractivity contribution < 1.29 is 14.3 Å². The Morgan fingerprint density at radius 2 is 1.95 bits per heavy atom. The number of nitrogens with two attached hydrogens (primary N) is 1. The van der Waals surface area contributed by atoms with Crippen LogP contribution in [0, 0.1) is 28.1 Å². The predicted molar refractivity (Wildman–Crippen MR) is 79.2 cm³/mol. The second-order valence-corrected chi connectivity index (χ2v) is 8.62. The first-order valence-electron chi connectivity index (χ1n) is 8.07. The van der Waals surface area contributed by atoms with Gasteiger partial charge in [0, 0.05) is 6.42 Å². The molecule has 21 heavy (non-hydrogen) atoms. The number of esters is 1. The first-order valence-corrected chi connectivity index (χ1v) is 8.07. The van der Waals surface area contributed by atoms with Crippen molar-refractivity contribution in [1.82, 2.24) is 0 Å². The van der Waals surface area contributed by atoms with Gasteiger partial charge in [0.1, 0.15) is 0 Å². The van der Waals surface area contributed by atoms with Crippen molar-refractivity contribution in [2.75, 3.05) is 7.11 Å². The number of primary amides is 1. The highest BCUT2D eigenvalue weighted by atomic mass is 16.5. The normalized spacial score (nSPS) is 48.0. The van der Waals surface area contributed by atoms with E-state index >= 15 is 0 Å². The third kappa shape index (κ3) is 2.27. The van der Waals surface area contributed by atoms with E-state index in [1.54, 1.807) is 0 Å². The largest absolute Gasteiger partial charge is 0.469 e. The van der Waals surface area contributed by atoms with Crippen molar-refractivity contribution in [3.63, 3.8) is 0 Å². The highest BCUT2D eigenvalue weighted by Crippen LogP contribution is 2.70. The molecule has 0 saturated heterocycles. The first-order chi connectivity index (χ1) is 9.71. The van der Waals surface area contributed by atoms with Crippen molar-refractivity contribution in [2.45, 2.75) is 58.8 Å². The van der Waals surface area contributed by atoms with Gasteiger partial charge < -0.3 is 10.5 Å². The molecule has 0 aromatic carbocycles. The zero-order valence-corrected chi connectivity index (χ0v) is 13.4. The average Bonchev–Trinajstić information content (AvgIpc) is 2.31. The zero-order valence-electron chi connectivity index (χ0n) is 13.4. The highest BCUT2D eigenvalue weighted by molar-refractivity contribution is 5.76. The maximum Gasteiger partial charge on any atom is 0.308 e. The van der Waals surface area contributed by atoms with Crippen LogP contribution < -0.4 is 5.73 Å². The summed E-state index contributed by atoms with van der Waals surface area (Å²) in [6.07, 6.45) is 6.69. The Labute approximate surface area is 126 Å². The zero-order chi connectivity index (χ0) is 15.5. The van der Waals surface area contributed by atoms with E-state index in [0.29, 0.717) is 17.8 Å². The molecule has 0 aromatic heterocycles. The third-order valence-corrected chi connectivity index (χ3v) is 6.56. The summed E-state index contributed by atoms with van der Waals surface area (Å²) >= 11 is 0. The number of carbonyl (C=O) groups is 2. The molecule has 2 N–H and O–H groups in total. The van der Waals surface area contributed by atoms with Gasteiger partial charge in [0.05, 0.1) is 13.0 Å².